The van der Waals surface area contributed by atoms with Crippen LogP contribution in [-0.4, -0.2) is 136 Å². The molecular weight excluding hydrogens is 844 g/mol. The number of ketones is 1. The minimum atomic E-state index is -1.76. The second kappa shape index (κ2) is 34.3. The summed E-state index contributed by atoms with van der Waals surface area (Å²) in [5.74, 6) is -3.96. The summed E-state index contributed by atoms with van der Waals surface area (Å²) in [4.78, 5) is 14.4. The lowest BCUT2D eigenvalue weighted by Crippen LogP contribution is -2.48. The Bertz CT molecular complexity index is 969. The molecule has 0 aromatic carbocycles. The van der Waals surface area contributed by atoms with Crippen LogP contribution in [0.2, 0.25) is 0 Å². The van der Waals surface area contributed by atoms with Crippen molar-refractivity contribution in [2.75, 3.05) is 42.7 Å². The minimum absolute atomic E-state index is 0.135. The standard InChI is InChI=1S/C45H90O19/c1-21-41(25-23-27-44(59-35(9)53-29(3)47-15,60-36(10)54-30(4)48-16)61-37(11)55-31(5)49-17)43(46)42(22-2)26-24-28-45(62-38(12)56-32(6)50-18,63-39(13)57-33(7)51-19)64-40(14)58-34(8)52-20/h29-42H,21-28H2,1-20H3. The molecule has 0 saturated carbocycles. The fourth-order valence-corrected chi connectivity index (χ4v) is 6.72. The van der Waals surface area contributed by atoms with Gasteiger partial charge >= 0.3 is 0 Å². The predicted molar refractivity (Wildman–Crippen MR) is 234 cm³/mol. The van der Waals surface area contributed by atoms with E-state index in [1.807, 2.05) is 13.8 Å². The third-order valence-electron chi connectivity index (χ3n) is 10.2. The van der Waals surface area contributed by atoms with Crippen molar-refractivity contribution in [1.29, 1.82) is 0 Å². The molecule has 0 radical (unpaired) electrons. The molecule has 0 bridgehead atoms. The van der Waals surface area contributed by atoms with E-state index in [9.17, 15) is 4.79 Å². The van der Waals surface area contributed by atoms with Crippen molar-refractivity contribution in [3.8, 4) is 0 Å². The van der Waals surface area contributed by atoms with Gasteiger partial charge in [-0.1, -0.05) is 13.8 Å². The van der Waals surface area contributed by atoms with Crippen molar-refractivity contribution >= 4 is 5.78 Å². The summed E-state index contributed by atoms with van der Waals surface area (Å²) < 4.78 is 106. The molecule has 0 amide bonds. The van der Waals surface area contributed by atoms with E-state index in [0.717, 1.165) is 0 Å². The molecule has 0 fully saturated rings. The quantitative estimate of drug-likeness (QED) is 0.0531. The van der Waals surface area contributed by atoms with Gasteiger partial charge in [0.15, 0.2) is 75.5 Å². The molecule has 0 aliphatic rings. The van der Waals surface area contributed by atoms with Crippen molar-refractivity contribution in [2.24, 2.45) is 11.8 Å². The van der Waals surface area contributed by atoms with Gasteiger partial charge in [0.1, 0.15) is 5.78 Å². The number of carbonyl (C=O) groups excluding carboxylic acids is 1. The maximum atomic E-state index is 14.4. The summed E-state index contributed by atoms with van der Waals surface area (Å²) in [7, 11) is 9.17. The molecule has 0 aromatic heterocycles. The molecule has 384 valence electrons. The summed E-state index contributed by atoms with van der Waals surface area (Å²) in [6.45, 7) is 24.7. The Morgan fingerprint density at radius 3 is 0.688 bits per heavy atom. The van der Waals surface area contributed by atoms with Crippen LogP contribution in [0.25, 0.3) is 0 Å². The normalized spacial score (nSPS) is 20.9. The highest BCUT2D eigenvalue weighted by Gasteiger charge is 2.43. The number of rotatable bonds is 42. The first-order valence-corrected chi connectivity index (χ1v) is 22.8. The van der Waals surface area contributed by atoms with Gasteiger partial charge < -0.3 is 56.8 Å². The van der Waals surface area contributed by atoms with E-state index >= 15 is 0 Å². The van der Waals surface area contributed by atoms with Gasteiger partial charge in [0.25, 0.3) is 11.9 Å². The lowest BCUT2D eigenvalue weighted by Gasteiger charge is -2.40. The molecule has 64 heavy (non-hydrogen) atoms. The monoisotopic (exact) mass is 935 g/mol. The molecule has 0 N–H and O–H groups in total. The molecular formula is C45H90O19. The fourth-order valence-electron chi connectivity index (χ4n) is 6.72. The third-order valence-corrected chi connectivity index (χ3v) is 10.2. The van der Waals surface area contributed by atoms with E-state index in [2.05, 4.69) is 0 Å². The molecule has 0 aromatic rings. The Kier molecular flexibility index (Phi) is 33.7. The Balaban J connectivity index is 6.60. The molecule has 0 aliphatic heterocycles. The van der Waals surface area contributed by atoms with Crippen LogP contribution < -0.4 is 0 Å². The highest BCUT2D eigenvalue weighted by molar-refractivity contribution is 5.83. The third kappa shape index (κ3) is 26.5. The maximum absolute atomic E-state index is 14.4. The van der Waals surface area contributed by atoms with E-state index in [0.29, 0.717) is 38.5 Å². The van der Waals surface area contributed by atoms with Crippen LogP contribution in [0.15, 0.2) is 0 Å². The van der Waals surface area contributed by atoms with Crippen molar-refractivity contribution in [3.63, 3.8) is 0 Å². The molecule has 0 rings (SSSR count). The zero-order valence-corrected chi connectivity index (χ0v) is 43.0. The van der Waals surface area contributed by atoms with Gasteiger partial charge in [-0.05, 0) is 122 Å². The van der Waals surface area contributed by atoms with Gasteiger partial charge in [-0.2, -0.15) is 0 Å². The van der Waals surface area contributed by atoms with Crippen LogP contribution in [0.4, 0.5) is 0 Å². The zero-order chi connectivity index (χ0) is 49.0. The number of carbonyl (C=O) groups is 1. The van der Waals surface area contributed by atoms with Crippen LogP contribution in [-0.2, 0) is 90.1 Å². The van der Waals surface area contributed by atoms with Gasteiger partial charge in [0.05, 0.1) is 0 Å². The van der Waals surface area contributed by atoms with Gasteiger partial charge in [0.2, 0.25) is 0 Å². The largest absolute Gasteiger partial charge is 0.356 e. The molecule has 0 saturated heterocycles. The van der Waals surface area contributed by atoms with E-state index in [1.54, 1.807) is 83.1 Å². The van der Waals surface area contributed by atoms with Crippen molar-refractivity contribution in [2.45, 2.75) is 236 Å². The van der Waals surface area contributed by atoms with Crippen molar-refractivity contribution < 1.29 is 90.1 Å². The highest BCUT2D eigenvalue weighted by Crippen LogP contribution is 2.35. The first kappa shape index (κ1) is 63.0. The van der Waals surface area contributed by atoms with Crippen LogP contribution in [0.1, 0.15) is 148 Å². The van der Waals surface area contributed by atoms with Gasteiger partial charge in [-0.3, -0.25) is 33.2 Å². The van der Waals surface area contributed by atoms with E-state index in [4.69, 9.17) is 85.3 Å². The predicted octanol–water partition coefficient (Wildman–Crippen LogP) is 8.49. The second-order valence-electron chi connectivity index (χ2n) is 15.5. The lowest BCUT2D eigenvalue weighted by atomic mass is 9.83. The van der Waals surface area contributed by atoms with Crippen LogP contribution in [0.5, 0.6) is 0 Å². The van der Waals surface area contributed by atoms with Crippen LogP contribution in [0, 0.1) is 11.8 Å². The summed E-state index contributed by atoms with van der Waals surface area (Å²) in [6, 6.07) is 0. The molecule has 19 nitrogen and oxygen atoms in total. The topological polar surface area (TPSA) is 183 Å². The Hall–Kier alpha value is -1.05. The Labute approximate surface area is 385 Å². The van der Waals surface area contributed by atoms with Gasteiger partial charge in [-0.25, -0.2) is 0 Å². The number of methoxy groups -OCH3 is 6. The average molecular weight is 935 g/mol. The SMILES string of the molecule is CCC(CCCC(OC(C)OC(C)OC)(OC(C)OC(C)OC)OC(C)OC(C)OC)C(=O)C(CC)CCCC(OC(C)OC(C)OC)(OC(C)OC(C)OC)OC(C)OC(C)OC. The number of Topliss-reactive ketones (excluding diaryl/α,β-unsaturated/α-hetero) is 1. The Morgan fingerprint density at radius 1 is 0.344 bits per heavy atom. The van der Waals surface area contributed by atoms with E-state index in [-0.39, 0.29) is 30.5 Å². The molecule has 19 heteroatoms. The maximum Gasteiger partial charge on any atom is 0.289 e. The summed E-state index contributed by atoms with van der Waals surface area (Å²) >= 11 is 0. The first-order chi connectivity index (χ1) is 30.1. The van der Waals surface area contributed by atoms with Crippen LogP contribution >= 0.6 is 0 Å². The van der Waals surface area contributed by atoms with Crippen molar-refractivity contribution in [3.05, 3.63) is 0 Å². The van der Waals surface area contributed by atoms with Gasteiger partial charge in [0, 0.05) is 67.3 Å². The zero-order valence-electron chi connectivity index (χ0n) is 43.0. The first-order valence-electron chi connectivity index (χ1n) is 22.8. The highest BCUT2D eigenvalue weighted by atomic mass is 17.0. The van der Waals surface area contributed by atoms with E-state index < -0.39 is 87.4 Å². The minimum Gasteiger partial charge on any atom is -0.356 e. The summed E-state index contributed by atoms with van der Waals surface area (Å²) in [5, 5.41) is 0. The summed E-state index contributed by atoms with van der Waals surface area (Å²) in [6.07, 6.45) is -5.24. The molecule has 0 aliphatic carbocycles. The van der Waals surface area contributed by atoms with Crippen molar-refractivity contribution in [1.82, 2.24) is 0 Å². The average Bonchev–Trinajstić information content (AvgIpc) is 3.22. The second-order valence-corrected chi connectivity index (χ2v) is 15.5. The molecule has 14 unspecified atom stereocenters. The Morgan fingerprint density at radius 2 is 0.531 bits per heavy atom. The smallest absolute Gasteiger partial charge is 0.289 e. The molecule has 0 heterocycles. The van der Waals surface area contributed by atoms with Gasteiger partial charge in [-0.15, -0.1) is 0 Å². The number of ether oxygens (including phenoxy) is 18. The van der Waals surface area contributed by atoms with Crippen LogP contribution in [0.3, 0.4) is 0 Å². The number of hydrogen-bond acceptors (Lipinski definition) is 19. The fraction of sp³-hybridized carbons (Fsp3) is 0.978. The molecule has 0 spiro atoms. The number of hydrogen-bond donors (Lipinski definition) is 0. The summed E-state index contributed by atoms with van der Waals surface area (Å²) in [5.41, 5.74) is 0. The lowest BCUT2D eigenvalue weighted by molar-refractivity contribution is -0.483. The molecule has 14 atom stereocenters. The van der Waals surface area contributed by atoms with E-state index in [1.165, 1.54) is 42.7 Å².